The molecule has 0 radical (unpaired) electrons. The van der Waals surface area contributed by atoms with Gasteiger partial charge in [-0.1, -0.05) is 60.7 Å². The van der Waals surface area contributed by atoms with Crippen molar-refractivity contribution in [3.05, 3.63) is 71.8 Å². The van der Waals surface area contributed by atoms with Crippen LogP contribution in [0.2, 0.25) is 0 Å². The summed E-state index contributed by atoms with van der Waals surface area (Å²) in [6, 6.07) is 18.2. The standard InChI is InChI=1S/C16H19O6PS/c1-24(18,19)22-14-23(17,20-12-15-8-4-2-5-9-15)21-13-16-10-6-3-7-11-16/h2-11H,12-14H2,1H3. The van der Waals surface area contributed by atoms with Gasteiger partial charge in [0, 0.05) is 0 Å². The van der Waals surface area contributed by atoms with Crippen LogP contribution >= 0.6 is 7.60 Å². The van der Waals surface area contributed by atoms with Gasteiger partial charge in [0.05, 0.1) is 19.5 Å². The molecule has 0 aromatic heterocycles. The Labute approximate surface area is 142 Å². The molecule has 0 aliphatic rings. The van der Waals surface area contributed by atoms with Gasteiger partial charge in [-0.2, -0.15) is 8.42 Å². The van der Waals surface area contributed by atoms with Gasteiger partial charge in [0.15, 0.2) is 6.35 Å². The first-order valence-corrected chi connectivity index (χ1v) is 10.7. The summed E-state index contributed by atoms with van der Waals surface area (Å²) in [5, 5.41) is 0. The van der Waals surface area contributed by atoms with E-state index in [2.05, 4.69) is 4.18 Å². The van der Waals surface area contributed by atoms with Crippen molar-refractivity contribution in [1.29, 1.82) is 0 Å². The smallest absolute Gasteiger partial charge is 0.302 e. The SMILES string of the molecule is CS(=O)(=O)OCP(=O)(OCc1ccccc1)OCc1ccccc1. The lowest BCUT2D eigenvalue weighted by atomic mass is 10.2. The molecule has 0 fully saturated rings. The lowest BCUT2D eigenvalue weighted by Gasteiger charge is -2.18. The molecule has 0 aliphatic carbocycles. The van der Waals surface area contributed by atoms with Crippen LogP contribution in [0.4, 0.5) is 0 Å². The molecule has 2 aromatic rings. The molecule has 0 saturated heterocycles. The van der Waals surface area contributed by atoms with E-state index in [0.717, 1.165) is 17.4 Å². The highest BCUT2D eigenvalue weighted by molar-refractivity contribution is 7.86. The van der Waals surface area contributed by atoms with Crippen LogP contribution in [0.25, 0.3) is 0 Å². The second-order valence-electron chi connectivity index (χ2n) is 5.08. The quantitative estimate of drug-likeness (QED) is 0.496. The molecule has 0 spiro atoms. The molecule has 8 heteroatoms. The topological polar surface area (TPSA) is 78.9 Å². The summed E-state index contributed by atoms with van der Waals surface area (Å²) in [6.45, 7) is 0.0556. The summed E-state index contributed by atoms with van der Waals surface area (Å²) in [5.41, 5.74) is 1.58. The van der Waals surface area contributed by atoms with Crippen molar-refractivity contribution in [3.8, 4) is 0 Å². The van der Waals surface area contributed by atoms with Crippen molar-refractivity contribution in [3.63, 3.8) is 0 Å². The zero-order chi connectivity index (χ0) is 17.5. The molecule has 0 unspecified atom stereocenters. The fraction of sp³-hybridized carbons (Fsp3) is 0.250. The third-order valence-corrected chi connectivity index (χ3v) is 5.18. The van der Waals surface area contributed by atoms with E-state index >= 15 is 0 Å². The highest BCUT2D eigenvalue weighted by Gasteiger charge is 2.27. The maximum absolute atomic E-state index is 12.8. The molecular weight excluding hydrogens is 351 g/mol. The van der Waals surface area contributed by atoms with Crippen molar-refractivity contribution in [2.75, 3.05) is 12.6 Å². The van der Waals surface area contributed by atoms with Gasteiger partial charge >= 0.3 is 7.60 Å². The van der Waals surface area contributed by atoms with E-state index in [9.17, 15) is 13.0 Å². The first-order chi connectivity index (χ1) is 11.4. The molecule has 0 heterocycles. The first kappa shape index (κ1) is 18.8. The lowest BCUT2D eigenvalue weighted by molar-refractivity contribution is 0.173. The van der Waals surface area contributed by atoms with Gasteiger partial charge in [-0.15, -0.1) is 0 Å². The van der Waals surface area contributed by atoms with Crippen LogP contribution in [-0.2, 0) is 41.1 Å². The van der Waals surface area contributed by atoms with Gasteiger partial charge in [-0.05, 0) is 11.1 Å². The highest BCUT2D eigenvalue weighted by Crippen LogP contribution is 2.50. The predicted octanol–water partition coefficient (Wildman–Crippen LogP) is 3.55. The van der Waals surface area contributed by atoms with Gasteiger partial charge in [-0.3, -0.25) is 8.75 Å². The maximum Gasteiger partial charge on any atom is 0.358 e. The van der Waals surface area contributed by atoms with Gasteiger partial charge in [-0.25, -0.2) is 0 Å². The second kappa shape index (κ2) is 8.55. The Morgan fingerprint density at radius 2 is 1.25 bits per heavy atom. The van der Waals surface area contributed by atoms with Crippen molar-refractivity contribution in [2.24, 2.45) is 0 Å². The number of rotatable bonds is 9. The summed E-state index contributed by atoms with van der Waals surface area (Å²) < 4.78 is 50.5. The molecule has 2 rings (SSSR count). The van der Waals surface area contributed by atoms with Gasteiger partial charge in [0.1, 0.15) is 0 Å². The number of hydrogen-bond acceptors (Lipinski definition) is 6. The van der Waals surface area contributed by atoms with E-state index in [-0.39, 0.29) is 13.2 Å². The molecular formula is C16H19O6PS. The maximum atomic E-state index is 12.8. The normalized spacial score (nSPS) is 12.2. The lowest BCUT2D eigenvalue weighted by Crippen LogP contribution is -2.08. The monoisotopic (exact) mass is 370 g/mol. The van der Waals surface area contributed by atoms with Crippen molar-refractivity contribution < 1.29 is 26.2 Å². The third kappa shape index (κ3) is 6.95. The minimum atomic E-state index is -3.76. The Morgan fingerprint density at radius 1 is 0.833 bits per heavy atom. The van der Waals surface area contributed by atoms with Crippen molar-refractivity contribution >= 4 is 17.7 Å². The summed E-state index contributed by atoms with van der Waals surface area (Å²) in [4.78, 5) is 0. The van der Waals surface area contributed by atoms with Gasteiger partial charge in [0.2, 0.25) is 0 Å². The summed E-state index contributed by atoms with van der Waals surface area (Å²) in [6.07, 6.45) is 0.219. The molecule has 6 nitrogen and oxygen atoms in total. The summed E-state index contributed by atoms with van der Waals surface area (Å²) >= 11 is 0. The fourth-order valence-corrected chi connectivity index (χ4v) is 3.96. The predicted molar refractivity (Wildman–Crippen MR) is 90.9 cm³/mol. The van der Waals surface area contributed by atoms with Crippen LogP contribution < -0.4 is 0 Å². The van der Waals surface area contributed by atoms with Crippen LogP contribution in [-0.4, -0.2) is 21.0 Å². The number of benzene rings is 2. The van der Waals surface area contributed by atoms with E-state index < -0.39 is 24.1 Å². The molecule has 130 valence electrons. The Hall–Kier alpha value is -1.50. The largest absolute Gasteiger partial charge is 0.358 e. The fourth-order valence-electron chi connectivity index (χ4n) is 1.77. The van der Waals surface area contributed by atoms with Crippen LogP contribution in [0.5, 0.6) is 0 Å². The zero-order valence-corrected chi connectivity index (χ0v) is 14.9. The van der Waals surface area contributed by atoms with E-state index in [1.165, 1.54) is 0 Å². The Bertz CT molecular complexity index is 729. The van der Waals surface area contributed by atoms with Crippen LogP contribution in [0, 0.1) is 0 Å². The summed E-state index contributed by atoms with van der Waals surface area (Å²) in [7, 11) is -7.50. The summed E-state index contributed by atoms with van der Waals surface area (Å²) in [5.74, 6) is 0. The van der Waals surface area contributed by atoms with E-state index in [4.69, 9.17) is 9.05 Å². The molecule has 0 N–H and O–H groups in total. The first-order valence-electron chi connectivity index (χ1n) is 7.17. The minimum Gasteiger partial charge on any atom is -0.302 e. The highest BCUT2D eigenvalue weighted by atomic mass is 32.2. The molecule has 2 aromatic carbocycles. The molecule has 24 heavy (non-hydrogen) atoms. The molecule has 0 aliphatic heterocycles. The van der Waals surface area contributed by atoms with Crippen LogP contribution in [0.15, 0.2) is 60.7 Å². The molecule has 0 atom stereocenters. The Morgan fingerprint density at radius 3 is 1.62 bits per heavy atom. The van der Waals surface area contributed by atoms with E-state index in [0.29, 0.717) is 0 Å². The van der Waals surface area contributed by atoms with Gasteiger partial charge in [0.25, 0.3) is 10.1 Å². The van der Waals surface area contributed by atoms with Crippen LogP contribution in [0.3, 0.4) is 0 Å². The average Bonchev–Trinajstić information content (AvgIpc) is 2.58. The molecule has 0 saturated carbocycles. The Balaban J connectivity index is 2.03. The molecule has 0 amide bonds. The Kier molecular flexibility index (Phi) is 6.71. The van der Waals surface area contributed by atoms with Crippen molar-refractivity contribution in [1.82, 2.24) is 0 Å². The average molecular weight is 370 g/mol. The van der Waals surface area contributed by atoms with Crippen LogP contribution in [0.1, 0.15) is 11.1 Å². The van der Waals surface area contributed by atoms with Gasteiger partial charge < -0.3 is 9.05 Å². The van der Waals surface area contributed by atoms with E-state index in [1.807, 2.05) is 36.4 Å². The minimum absolute atomic E-state index is 0.0278. The van der Waals surface area contributed by atoms with E-state index in [1.54, 1.807) is 24.3 Å². The second-order valence-corrected chi connectivity index (χ2v) is 8.72. The zero-order valence-electron chi connectivity index (χ0n) is 13.2. The third-order valence-electron chi connectivity index (χ3n) is 2.97. The van der Waals surface area contributed by atoms with Crippen molar-refractivity contribution in [2.45, 2.75) is 13.2 Å². The number of hydrogen-bond donors (Lipinski definition) is 0. The molecule has 0 bridgehead atoms.